The highest BCUT2D eigenvalue weighted by Gasteiger charge is 2.24. The molecule has 6 nitrogen and oxygen atoms in total. The molecule has 0 bridgehead atoms. The predicted molar refractivity (Wildman–Crippen MR) is 68.8 cm³/mol. The summed E-state index contributed by atoms with van der Waals surface area (Å²) in [5.41, 5.74) is 1.01. The minimum atomic E-state index is -0.405. The molecule has 1 fully saturated rings. The molecule has 2 rings (SSSR count). The van der Waals surface area contributed by atoms with Crippen LogP contribution in [0.2, 0.25) is 0 Å². The van der Waals surface area contributed by atoms with E-state index in [1.165, 1.54) is 12.1 Å². The first-order valence-corrected chi connectivity index (χ1v) is 5.92. The highest BCUT2D eigenvalue weighted by molar-refractivity contribution is 5.52. The van der Waals surface area contributed by atoms with Crippen molar-refractivity contribution >= 4 is 11.4 Å². The van der Waals surface area contributed by atoms with E-state index in [4.69, 9.17) is 0 Å². The summed E-state index contributed by atoms with van der Waals surface area (Å²) >= 11 is 0. The van der Waals surface area contributed by atoms with E-state index in [0.29, 0.717) is 0 Å². The fraction of sp³-hybridized carbons (Fsp3) is 0.500. The van der Waals surface area contributed by atoms with Gasteiger partial charge in [-0.15, -0.1) is 0 Å². The number of rotatable bonds is 3. The van der Waals surface area contributed by atoms with Gasteiger partial charge < -0.3 is 14.9 Å². The van der Waals surface area contributed by atoms with Crippen molar-refractivity contribution in [3.63, 3.8) is 0 Å². The zero-order valence-electron chi connectivity index (χ0n) is 10.3. The Labute approximate surface area is 106 Å². The maximum absolute atomic E-state index is 10.6. The molecule has 1 aliphatic rings. The molecule has 0 amide bonds. The molecule has 0 saturated carbocycles. The predicted octanol–water partition coefficient (Wildman–Crippen LogP) is 0.707. The number of nitro benzene ring substituents is 1. The number of nitrogens with zero attached hydrogens (tertiary/aromatic N) is 3. The first-order chi connectivity index (χ1) is 8.61. The van der Waals surface area contributed by atoms with E-state index in [1.54, 1.807) is 12.1 Å². The Bertz CT molecular complexity index is 421. The van der Waals surface area contributed by atoms with E-state index < -0.39 is 4.92 Å². The normalized spacial score (nSPS) is 21.0. The van der Waals surface area contributed by atoms with Crippen molar-refractivity contribution in [3.05, 3.63) is 34.4 Å². The summed E-state index contributed by atoms with van der Waals surface area (Å²) in [6.07, 6.45) is 0. The lowest BCUT2D eigenvalue weighted by Gasteiger charge is -2.40. The van der Waals surface area contributed by atoms with Crippen LogP contribution in [0.4, 0.5) is 11.4 Å². The lowest BCUT2D eigenvalue weighted by Crippen LogP contribution is -2.53. The Kier molecular flexibility index (Phi) is 3.78. The second kappa shape index (κ2) is 5.32. The van der Waals surface area contributed by atoms with Crippen LogP contribution in [0, 0.1) is 10.1 Å². The molecule has 6 heteroatoms. The first-order valence-electron chi connectivity index (χ1n) is 5.92. The van der Waals surface area contributed by atoms with E-state index in [1.807, 2.05) is 7.05 Å². The topological polar surface area (TPSA) is 69.9 Å². The average Bonchev–Trinajstić information content (AvgIpc) is 2.38. The van der Waals surface area contributed by atoms with Crippen LogP contribution in [0.1, 0.15) is 0 Å². The van der Waals surface area contributed by atoms with Crippen LogP contribution in [-0.2, 0) is 0 Å². The molecule has 0 aliphatic carbocycles. The van der Waals surface area contributed by atoms with E-state index in [9.17, 15) is 15.2 Å². The van der Waals surface area contributed by atoms with Gasteiger partial charge in [0.2, 0.25) is 0 Å². The largest absolute Gasteiger partial charge is 0.394 e. The number of hydrogen-bond acceptors (Lipinski definition) is 5. The Morgan fingerprint density at radius 2 is 2.06 bits per heavy atom. The van der Waals surface area contributed by atoms with E-state index >= 15 is 0 Å². The monoisotopic (exact) mass is 251 g/mol. The Morgan fingerprint density at radius 1 is 1.39 bits per heavy atom. The number of benzene rings is 1. The Hall–Kier alpha value is -1.66. The minimum Gasteiger partial charge on any atom is -0.394 e. The van der Waals surface area contributed by atoms with Crippen LogP contribution < -0.4 is 4.90 Å². The number of nitro groups is 1. The fourth-order valence-electron chi connectivity index (χ4n) is 2.27. The summed E-state index contributed by atoms with van der Waals surface area (Å²) in [5.74, 6) is 0. The molecule has 0 radical (unpaired) electrons. The van der Waals surface area contributed by atoms with Crippen molar-refractivity contribution in [2.45, 2.75) is 6.04 Å². The smallest absolute Gasteiger partial charge is 0.269 e. The fourth-order valence-corrected chi connectivity index (χ4v) is 2.27. The third-order valence-corrected chi connectivity index (χ3v) is 3.29. The molecule has 1 saturated heterocycles. The molecule has 1 atom stereocenters. The zero-order chi connectivity index (χ0) is 13.1. The third kappa shape index (κ3) is 2.60. The zero-order valence-corrected chi connectivity index (χ0v) is 10.3. The third-order valence-electron chi connectivity index (χ3n) is 3.29. The van der Waals surface area contributed by atoms with Gasteiger partial charge in [-0.1, -0.05) is 0 Å². The van der Waals surface area contributed by atoms with E-state index in [2.05, 4.69) is 9.80 Å². The summed E-state index contributed by atoms with van der Waals surface area (Å²) in [7, 11) is 2.02. The maximum Gasteiger partial charge on any atom is 0.269 e. The average molecular weight is 251 g/mol. The molecule has 1 aromatic rings. The van der Waals surface area contributed by atoms with Gasteiger partial charge in [0.1, 0.15) is 0 Å². The number of hydrogen-bond donors (Lipinski definition) is 1. The number of likely N-dealkylation sites (N-methyl/N-ethyl adjacent to an activating group) is 1. The van der Waals surface area contributed by atoms with Crippen LogP contribution in [0.5, 0.6) is 0 Å². The molecule has 1 aliphatic heterocycles. The Balaban J connectivity index is 2.17. The van der Waals surface area contributed by atoms with Gasteiger partial charge in [0.05, 0.1) is 17.6 Å². The van der Waals surface area contributed by atoms with Gasteiger partial charge in [0.15, 0.2) is 0 Å². The highest BCUT2D eigenvalue weighted by Crippen LogP contribution is 2.23. The molecule has 1 N–H and O–H groups in total. The number of anilines is 1. The molecule has 0 spiro atoms. The number of non-ortho nitro benzene ring substituents is 1. The quantitative estimate of drug-likeness (QED) is 0.633. The molecule has 98 valence electrons. The van der Waals surface area contributed by atoms with Crippen LogP contribution >= 0.6 is 0 Å². The lowest BCUT2D eigenvalue weighted by molar-refractivity contribution is -0.384. The molecule has 18 heavy (non-hydrogen) atoms. The summed E-state index contributed by atoms with van der Waals surface area (Å²) in [5, 5.41) is 20.0. The van der Waals surface area contributed by atoms with Crippen molar-refractivity contribution in [1.29, 1.82) is 0 Å². The first kappa shape index (κ1) is 12.8. The summed E-state index contributed by atoms with van der Waals surface area (Å²) in [4.78, 5) is 14.5. The molecule has 0 aromatic heterocycles. The van der Waals surface area contributed by atoms with Gasteiger partial charge in [-0.05, 0) is 19.2 Å². The number of aliphatic hydroxyl groups is 1. The van der Waals surface area contributed by atoms with Gasteiger partial charge in [-0.3, -0.25) is 10.1 Å². The van der Waals surface area contributed by atoms with E-state index in [0.717, 1.165) is 25.3 Å². The summed E-state index contributed by atoms with van der Waals surface area (Å²) in [6.45, 7) is 2.63. The van der Waals surface area contributed by atoms with Gasteiger partial charge in [-0.2, -0.15) is 0 Å². The van der Waals surface area contributed by atoms with Gasteiger partial charge in [-0.25, -0.2) is 0 Å². The minimum absolute atomic E-state index is 0.0465. The number of piperazine rings is 1. The van der Waals surface area contributed by atoms with Gasteiger partial charge in [0, 0.05) is 37.5 Å². The molecule has 1 unspecified atom stereocenters. The van der Waals surface area contributed by atoms with Gasteiger partial charge >= 0.3 is 0 Å². The summed E-state index contributed by atoms with van der Waals surface area (Å²) < 4.78 is 0. The SMILES string of the molecule is CN1CCN(c2ccc([N+](=O)[O-])cc2)C(CO)C1. The van der Waals surface area contributed by atoms with Crippen molar-refractivity contribution in [3.8, 4) is 0 Å². The molecule has 1 aromatic carbocycles. The van der Waals surface area contributed by atoms with Crippen LogP contribution in [0.3, 0.4) is 0 Å². The Morgan fingerprint density at radius 3 is 2.61 bits per heavy atom. The molecular formula is C12H17N3O3. The van der Waals surface area contributed by atoms with Crippen molar-refractivity contribution < 1.29 is 10.0 Å². The van der Waals surface area contributed by atoms with Crippen LogP contribution in [0.15, 0.2) is 24.3 Å². The van der Waals surface area contributed by atoms with E-state index in [-0.39, 0.29) is 18.3 Å². The molecule has 1 heterocycles. The highest BCUT2D eigenvalue weighted by atomic mass is 16.6. The molecular weight excluding hydrogens is 234 g/mol. The maximum atomic E-state index is 10.6. The van der Waals surface area contributed by atoms with Crippen molar-refractivity contribution in [1.82, 2.24) is 4.90 Å². The lowest BCUT2D eigenvalue weighted by atomic mass is 10.1. The second-order valence-electron chi connectivity index (χ2n) is 4.57. The van der Waals surface area contributed by atoms with Crippen molar-refractivity contribution in [2.24, 2.45) is 0 Å². The van der Waals surface area contributed by atoms with Gasteiger partial charge in [0.25, 0.3) is 5.69 Å². The summed E-state index contributed by atoms with van der Waals surface area (Å²) in [6, 6.07) is 6.53. The standard InChI is InChI=1S/C12H17N3O3/c1-13-6-7-14(12(8-13)9-16)10-2-4-11(5-3-10)15(17)18/h2-5,12,16H,6-9H2,1H3. The van der Waals surface area contributed by atoms with Crippen molar-refractivity contribution in [2.75, 3.05) is 38.2 Å². The number of aliphatic hydroxyl groups excluding tert-OH is 1. The van der Waals surface area contributed by atoms with Crippen LogP contribution in [0.25, 0.3) is 0 Å². The van der Waals surface area contributed by atoms with Crippen LogP contribution in [-0.4, -0.2) is 54.3 Å². The second-order valence-corrected chi connectivity index (χ2v) is 4.57.